The normalized spacial score (nSPS) is 13.8. The Morgan fingerprint density at radius 1 is 1.44 bits per heavy atom. The van der Waals surface area contributed by atoms with E-state index in [0.717, 1.165) is 0 Å². The number of rotatable bonds is 3. The van der Waals surface area contributed by atoms with Crippen LogP contribution < -0.4 is 0 Å². The molecule has 1 atom stereocenters. The molecule has 0 fully saturated rings. The third-order valence-corrected chi connectivity index (χ3v) is 2.42. The molecule has 7 heteroatoms. The van der Waals surface area contributed by atoms with Gasteiger partial charge in [-0.25, -0.2) is 4.68 Å². The molecule has 0 aliphatic carbocycles. The van der Waals surface area contributed by atoms with Crippen LogP contribution in [0.25, 0.3) is 0 Å². The van der Waals surface area contributed by atoms with Gasteiger partial charge in [0.1, 0.15) is 12.2 Å². The quantitative estimate of drug-likeness (QED) is 0.877. The van der Waals surface area contributed by atoms with Crippen LogP contribution >= 0.6 is 0 Å². The van der Waals surface area contributed by atoms with E-state index in [1.54, 1.807) is 17.8 Å². The Labute approximate surface area is 105 Å². The summed E-state index contributed by atoms with van der Waals surface area (Å²) in [6.07, 6.45) is 1.03. The first-order valence-electron chi connectivity index (χ1n) is 5.77. The summed E-state index contributed by atoms with van der Waals surface area (Å²) in [4.78, 5) is 4.30. The lowest BCUT2D eigenvalue weighted by atomic mass is 9.96. The molecule has 0 amide bonds. The van der Waals surface area contributed by atoms with Crippen molar-refractivity contribution in [3.05, 3.63) is 23.6 Å². The molecule has 2 rings (SSSR count). The standard InChI is InChI=1S/C11H17N5O2/c1-7(17)8-5-16(15-13-8)6-9-12-10(14-18-9)11(2,3)4/h5,7,17H,6H2,1-4H3. The van der Waals surface area contributed by atoms with Crippen molar-refractivity contribution < 1.29 is 9.63 Å². The van der Waals surface area contributed by atoms with Gasteiger partial charge in [-0.2, -0.15) is 4.98 Å². The highest BCUT2D eigenvalue weighted by Crippen LogP contribution is 2.18. The summed E-state index contributed by atoms with van der Waals surface area (Å²) in [5.41, 5.74) is 0.375. The van der Waals surface area contributed by atoms with Crippen molar-refractivity contribution in [2.45, 2.75) is 45.8 Å². The van der Waals surface area contributed by atoms with Crippen molar-refractivity contribution >= 4 is 0 Å². The third kappa shape index (κ3) is 2.73. The summed E-state index contributed by atoms with van der Waals surface area (Å²) in [5.74, 6) is 1.13. The summed E-state index contributed by atoms with van der Waals surface area (Å²) in [5, 5.41) is 21.0. The van der Waals surface area contributed by atoms with Crippen LogP contribution in [-0.2, 0) is 12.0 Å². The van der Waals surface area contributed by atoms with Gasteiger partial charge in [-0.1, -0.05) is 31.1 Å². The summed E-state index contributed by atoms with van der Waals surface area (Å²) in [6, 6.07) is 0. The zero-order valence-corrected chi connectivity index (χ0v) is 11.0. The Balaban J connectivity index is 2.11. The van der Waals surface area contributed by atoms with Crippen LogP contribution in [0.1, 0.15) is 51.2 Å². The minimum absolute atomic E-state index is 0.144. The van der Waals surface area contributed by atoms with E-state index in [0.29, 0.717) is 24.0 Å². The van der Waals surface area contributed by atoms with Crippen molar-refractivity contribution in [2.75, 3.05) is 0 Å². The topological polar surface area (TPSA) is 89.9 Å². The van der Waals surface area contributed by atoms with Crippen molar-refractivity contribution in [1.29, 1.82) is 0 Å². The van der Waals surface area contributed by atoms with E-state index >= 15 is 0 Å². The van der Waals surface area contributed by atoms with Gasteiger partial charge in [0.25, 0.3) is 0 Å². The van der Waals surface area contributed by atoms with Crippen LogP contribution in [0.5, 0.6) is 0 Å². The van der Waals surface area contributed by atoms with Crippen molar-refractivity contribution in [3.63, 3.8) is 0 Å². The Kier molecular flexibility index (Phi) is 3.16. The van der Waals surface area contributed by atoms with Gasteiger partial charge in [-0.15, -0.1) is 5.10 Å². The van der Waals surface area contributed by atoms with Gasteiger partial charge < -0.3 is 9.63 Å². The predicted molar refractivity (Wildman–Crippen MR) is 62.8 cm³/mol. The van der Waals surface area contributed by atoms with E-state index in [1.807, 2.05) is 20.8 Å². The maximum atomic E-state index is 9.35. The van der Waals surface area contributed by atoms with Crippen LogP contribution in [0.15, 0.2) is 10.7 Å². The first kappa shape index (κ1) is 12.7. The van der Waals surface area contributed by atoms with Gasteiger partial charge >= 0.3 is 0 Å². The highest BCUT2D eigenvalue weighted by Gasteiger charge is 2.21. The average molecular weight is 251 g/mol. The highest BCUT2D eigenvalue weighted by molar-refractivity contribution is 5.01. The molecular formula is C11H17N5O2. The van der Waals surface area contributed by atoms with E-state index in [4.69, 9.17) is 4.52 Å². The monoisotopic (exact) mass is 251 g/mol. The van der Waals surface area contributed by atoms with E-state index in [2.05, 4.69) is 20.5 Å². The summed E-state index contributed by atoms with van der Waals surface area (Å²) in [6.45, 7) is 8.04. The smallest absolute Gasteiger partial charge is 0.248 e. The van der Waals surface area contributed by atoms with Crippen LogP contribution in [0.4, 0.5) is 0 Å². The fourth-order valence-corrected chi connectivity index (χ4v) is 1.34. The number of hydrogen-bond acceptors (Lipinski definition) is 6. The molecule has 1 unspecified atom stereocenters. The number of aromatic nitrogens is 5. The summed E-state index contributed by atoms with van der Waals surface area (Å²) < 4.78 is 6.71. The number of aliphatic hydroxyl groups is 1. The maximum absolute atomic E-state index is 9.35. The molecule has 1 N–H and O–H groups in total. The number of nitrogens with zero attached hydrogens (tertiary/aromatic N) is 5. The second-order valence-electron chi connectivity index (χ2n) is 5.28. The molecule has 0 aromatic carbocycles. The molecule has 0 saturated carbocycles. The largest absolute Gasteiger partial charge is 0.387 e. The first-order valence-corrected chi connectivity index (χ1v) is 5.77. The molecule has 98 valence electrons. The molecule has 0 saturated heterocycles. The highest BCUT2D eigenvalue weighted by atomic mass is 16.5. The molecule has 0 aliphatic heterocycles. The zero-order chi connectivity index (χ0) is 13.3. The van der Waals surface area contributed by atoms with Gasteiger partial charge in [0.05, 0.1) is 12.3 Å². The van der Waals surface area contributed by atoms with Crippen molar-refractivity contribution in [1.82, 2.24) is 25.1 Å². The molecule has 0 bridgehead atoms. The van der Waals surface area contributed by atoms with Crippen molar-refractivity contribution in [2.24, 2.45) is 0 Å². The van der Waals surface area contributed by atoms with Crippen LogP contribution in [0, 0.1) is 0 Å². The molecule has 2 aromatic rings. The lowest BCUT2D eigenvalue weighted by molar-refractivity contribution is 0.194. The molecule has 0 radical (unpaired) electrons. The van der Waals surface area contributed by atoms with Crippen LogP contribution in [0.2, 0.25) is 0 Å². The minimum atomic E-state index is -0.633. The second kappa shape index (κ2) is 4.49. The van der Waals surface area contributed by atoms with E-state index in [-0.39, 0.29) is 5.41 Å². The van der Waals surface area contributed by atoms with Gasteiger partial charge in [0, 0.05) is 5.41 Å². The Bertz CT molecular complexity index is 524. The predicted octanol–water partition coefficient (Wildman–Crippen LogP) is 1.06. The Hall–Kier alpha value is -1.76. The number of hydrogen-bond donors (Lipinski definition) is 1. The van der Waals surface area contributed by atoms with Gasteiger partial charge in [-0.3, -0.25) is 0 Å². The Morgan fingerprint density at radius 2 is 2.17 bits per heavy atom. The fourth-order valence-electron chi connectivity index (χ4n) is 1.34. The first-order chi connectivity index (χ1) is 8.36. The molecule has 2 heterocycles. The molecule has 7 nitrogen and oxygen atoms in total. The van der Waals surface area contributed by atoms with E-state index in [1.165, 1.54) is 0 Å². The minimum Gasteiger partial charge on any atom is -0.387 e. The molecule has 18 heavy (non-hydrogen) atoms. The second-order valence-corrected chi connectivity index (χ2v) is 5.28. The molecule has 0 spiro atoms. The van der Waals surface area contributed by atoms with Crippen molar-refractivity contribution in [3.8, 4) is 0 Å². The summed E-state index contributed by atoms with van der Waals surface area (Å²) in [7, 11) is 0. The lowest BCUT2D eigenvalue weighted by Crippen LogP contribution is -2.13. The Morgan fingerprint density at radius 3 is 2.67 bits per heavy atom. The lowest BCUT2D eigenvalue weighted by Gasteiger charge is -2.10. The molecular weight excluding hydrogens is 234 g/mol. The van der Waals surface area contributed by atoms with Crippen LogP contribution in [-0.4, -0.2) is 30.2 Å². The SMILES string of the molecule is CC(O)c1cn(Cc2nc(C(C)(C)C)no2)nn1. The fraction of sp³-hybridized carbons (Fsp3) is 0.636. The third-order valence-electron chi connectivity index (χ3n) is 2.42. The molecule has 0 aliphatic rings. The summed E-state index contributed by atoms with van der Waals surface area (Å²) >= 11 is 0. The zero-order valence-electron chi connectivity index (χ0n) is 11.0. The van der Waals surface area contributed by atoms with E-state index in [9.17, 15) is 5.11 Å². The maximum Gasteiger partial charge on any atom is 0.248 e. The van der Waals surface area contributed by atoms with Crippen LogP contribution in [0.3, 0.4) is 0 Å². The van der Waals surface area contributed by atoms with Gasteiger partial charge in [-0.05, 0) is 6.92 Å². The number of aliphatic hydroxyl groups excluding tert-OH is 1. The molecule has 2 aromatic heterocycles. The van der Waals surface area contributed by atoms with Gasteiger partial charge in [0.15, 0.2) is 5.82 Å². The average Bonchev–Trinajstić information content (AvgIpc) is 2.85. The van der Waals surface area contributed by atoms with Gasteiger partial charge in [0.2, 0.25) is 5.89 Å². The van der Waals surface area contributed by atoms with E-state index < -0.39 is 6.10 Å².